The van der Waals surface area contributed by atoms with Crippen molar-refractivity contribution >= 4 is 11.8 Å². The van der Waals surface area contributed by atoms with Gasteiger partial charge < -0.3 is 19.5 Å². The molecule has 1 aromatic heterocycles. The van der Waals surface area contributed by atoms with E-state index in [0.717, 1.165) is 31.4 Å². The topological polar surface area (TPSA) is 84.7 Å². The normalized spacial score (nSPS) is 24.4. The first-order chi connectivity index (χ1) is 10.7. The number of hydrogen-bond acceptors (Lipinski definition) is 5. The number of hydrogen-bond donors (Lipinski definition) is 1. The number of nitrogens with one attached hydrogen (secondary N) is 1. The third kappa shape index (κ3) is 2.49. The average Bonchev–Trinajstić information content (AvgIpc) is 3.28. The van der Waals surface area contributed by atoms with E-state index >= 15 is 0 Å². The van der Waals surface area contributed by atoms with Crippen LogP contribution in [0.15, 0.2) is 10.6 Å². The van der Waals surface area contributed by atoms with Crippen LogP contribution in [0.5, 0.6) is 0 Å². The Hall–Kier alpha value is -1.89. The summed E-state index contributed by atoms with van der Waals surface area (Å²) in [6.07, 6.45) is 3.70. The maximum atomic E-state index is 12.5. The lowest BCUT2D eigenvalue weighted by Gasteiger charge is -2.43. The van der Waals surface area contributed by atoms with E-state index in [0.29, 0.717) is 31.2 Å². The number of amides is 2. The van der Waals surface area contributed by atoms with Gasteiger partial charge in [0.1, 0.15) is 12.4 Å². The summed E-state index contributed by atoms with van der Waals surface area (Å²) in [4.78, 5) is 25.5. The summed E-state index contributed by atoms with van der Waals surface area (Å²) in [6, 6.07) is 1.78. The Bertz CT molecular complexity index is 588. The van der Waals surface area contributed by atoms with Gasteiger partial charge in [0.05, 0.1) is 5.60 Å². The molecule has 0 bridgehead atoms. The van der Waals surface area contributed by atoms with Gasteiger partial charge in [-0.1, -0.05) is 5.16 Å². The largest absolute Gasteiger partial charge is 0.363 e. The highest BCUT2D eigenvalue weighted by atomic mass is 16.5. The van der Waals surface area contributed by atoms with Crippen molar-refractivity contribution < 1.29 is 18.8 Å². The molecule has 2 saturated heterocycles. The summed E-state index contributed by atoms with van der Waals surface area (Å²) in [6.45, 7) is 1.87. The van der Waals surface area contributed by atoms with E-state index in [4.69, 9.17) is 9.26 Å². The minimum absolute atomic E-state index is 0.0701. The molecule has 1 N–H and O–H groups in total. The molecule has 22 heavy (non-hydrogen) atoms. The van der Waals surface area contributed by atoms with Crippen LogP contribution in [0, 0.1) is 0 Å². The van der Waals surface area contributed by atoms with Crippen molar-refractivity contribution in [2.24, 2.45) is 0 Å². The summed E-state index contributed by atoms with van der Waals surface area (Å²) in [7, 11) is 0. The third-order valence-corrected chi connectivity index (χ3v) is 4.81. The highest BCUT2D eigenvalue weighted by Crippen LogP contribution is 2.40. The predicted octanol–water partition coefficient (Wildman–Crippen LogP) is 0.673. The van der Waals surface area contributed by atoms with E-state index in [1.807, 2.05) is 0 Å². The third-order valence-electron chi connectivity index (χ3n) is 4.81. The fraction of sp³-hybridized carbons (Fsp3) is 0.667. The average molecular weight is 305 g/mol. The number of aromatic nitrogens is 1. The minimum Gasteiger partial charge on any atom is -0.363 e. The zero-order chi connectivity index (χ0) is 15.2. The van der Waals surface area contributed by atoms with Crippen molar-refractivity contribution in [2.45, 2.75) is 37.2 Å². The molecule has 2 aliphatic heterocycles. The number of nitrogens with zero attached hydrogens (tertiary/aromatic N) is 2. The van der Waals surface area contributed by atoms with Crippen LogP contribution in [0.25, 0.3) is 0 Å². The number of likely N-dealkylation sites (tertiary alicyclic amines) is 1. The maximum absolute atomic E-state index is 12.5. The molecule has 3 heterocycles. The Kier molecular flexibility index (Phi) is 3.18. The fourth-order valence-corrected chi connectivity index (χ4v) is 3.13. The van der Waals surface area contributed by atoms with Crippen molar-refractivity contribution in [3.8, 4) is 0 Å². The molecule has 0 atom stereocenters. The first-order valence-corrected chi connectivity index (χ1v) is 7.82. The molecule has 1 saturated carbocycles. The van der Waals surface area contributed by atoms with Gasteiger partial charge in [0.15, 0.2) is 5.69 Å². The molecule has 1 aliphatic carbocycles. The highest BCUT2D eigenvalue weighted by Gasteiger charge is 2.40. The Morgan fingerprint density at radius 1 is 1.36 bits per heavy atom. The van der Waals surface area contributed by atoms with Gasteiger partial charge in [-0.3, -0.25) is 9.59 Å². The zero-order valence-corrected chi connectivity index (χ0v) is 12.3. The molecular weight excluding hydrogens is 286 g/mol. The number of carbonyl (C=O) groups is 2. The number of carbonyl (C=O) groups excluding carboxylic acids is 2. The molecule has 7 heteroatoms. The standard InChI is InChI=1S/C15H19N3O4/c19-13-8-21-15(9-16-13)3-5-18(6-4-15)14(20)11-7-12(22-17-11)10-1-2-10/h7,10H,1-6,8-9H2,(H,16,19). The highest BCUT2D eigenvalue weighted by molar-refractivity contribution is 5.92. The second kappa shape index (κ2) is 5.08. The summed E-state index contributed by atoms with van der Waals surface area (Å²) in [5, 5.41) is 6.76. The van der Waals surface area contributed by atoms with Gasteiger partial charge in [0, 0.05) is 31.6 Å². The van der Waals surface area contributed by atoms with Crippen molar-refractivity contribution in [1.29, 1.82) is 0 Å². The van der Waals surface area contributed by atoms with E-state index in [1.54, 1.807) is 11.0 Å². The zero-order valence-electron chi connectivity index (χ0n) is 12.3. The van der Waals surface area contributed by atoms with Crippen LogP contribution < -0.4 is 5.32 Å². The lowest BCUT2D eigenvalue weighted by atomic mass is 9.90. The molecule has 4 rings (SSSR count). The van der Waals surface area contributed by atoms with Crippen molar-refractivity contribution in [1.82, 2.24) is 15.4 Å². The molecule has 7 nitrogen and oxygen atoms in total. The Labute approximate surface area is 128 Å². The van der Waals surface area contributed by atoms with Gasteiger partial charge in [-0.2, -0.15) is 0 Å². The molecule has 118 valence electrons. The monoisotopic (exact) mass is 305 g/mol. The van der Waals surface area contributed by atoms with Gasteiger partial charge in [-0.05, 0) is 25.7 Å². The fourth-order valence-electron chi connectivity index (χ4n) is 3.13. The van der Waals surface area contributed by atoms with E-state index in [9.17, 15) is 9.59 Å². The van der Waals surface area contributed by atoms with Crippen LogP contribution in [0.4, 0.5) is 0 Å². The van der Waals surface area contributed by atoms with E-state index in [1.165, 1.54) is 0 Å². The second-order valence-electron chi connectivity index (χ2n) is 6.43. The van der Waals surface area contributed by atoms with Gasteiger partial charge in [-0.15, -0.1) is 0 Å². The minimum atomic E-state index is -0.312. The van der Waals surface area contributed by atoms with E-state index in [2.05, 4.69) is 10.5 Å². The molecule has 3 fully saturated rings. The van der Waals surface area contributed by atoms with Gasteiger partial charge in [0.25, 0.3) is 5.91 Å². The Balaban J connectivity index is 1.38. The summed E-state index contributed by atoms with van der Waals surface area (Å²) in [5.74, 6) is 1.14. The van der Waals surface area contributed by atoms with Crippen LogP contribution in [0.2, 0.25) is 0 Å². The summed E-state index contributed by atoms with van der Waals surface area (Å²) >= 11 is 0. The first-order valence-electron chi connectivity index (χ1n) is 7.82. The summed E-state index contributed by atoms with van der Waals surface area (Å²) in [5.41, 5.74) is 0.0870. The van der Waals surface area contributed by atoms with E-state index in [-0.39, 0.29) is 24.0 Å². The summed E-state index contributed by atoms with van der Waals surface area (Å²) < 4.78 is 11.0. The predicted molar refractivity (Wildman–Crippen MR) is 75.3 cm³/mol. The molecule has 2 amide bonds. The molecule has 0 radical (unpaired) electrons. The smallest absolute Gasteiger partial charge is 0.276 e. The van der Waals surface area contributed by atoms with Crippen LogP contribution in [0.3, 0.4) is 0 Å². The van der Waals surface area contributed by atoms with Gasteiger partial charge in [-0.25, -0.2) is 0 Å². The van der Waals surface area contributed by atoms with Gasteiger partial charge >= 0.3 is 0 Å². The molecular formula is C15H19N3O4. The molecule has 0 unspecified atom stereocenters. The second-order valence-corrected chi connectivity index (χ2v) is 6.43. The van der Waals surface area contributed by atoms with E-state index < -0.39 is 0 Å². The molecule has 0 aromatic carbocycles. The Morgan fingerprint density at radius 3 is 2.77 bits per heavy atom. The number of rotatable bonds is 2. The molecule has 3 aliphatic rings. The van der Waals surface area contributed by atoms with Crippen LogP contribution in [-0.4, -0.2) is 53.7 Å². The number of ether oxygens (including phenoxy) is 1. The van der Waals surface area contributed by atoms with Crippen molar-refractivity contribution in [3.05, 3.63) is 17.5 Å². The molecule has 1 aromatic rings. The molecule has 1 spiro atoms. The number of morpholine rings is 1. The lowest BCUT2D eigenvalue weighted by molar-refractivity contribution is -0.149. The van der Waals surface area contributed by atoms with Crippen molar-refractivity contribution in [3.63, 3.8) is 0 Å². The quantitative estimate of drug-likeness (QED) is 0.868. The van der Waals surface area contributed by atoms with Gasteiger partial charge in [0.2, 0.25) is 5.91 Å². The maximum Gasteiger partial charge on any atom is 0.276 e. The SMILES string of the molecule is O=C1COC2(CCN(C(=O)c3cc(C4CC4)on3)CC2)CN1. The van der Waals surface area contributed by atoms with Crippen LogP contribution in [-0.2, 0) is 9.53 Å². The van der Waals surface area contributed by atoms with Crippen LogP contribution >= 0.6 is 0 Å². The Morgan fingerprint density at radius 2 is 2.14 bits per heavy atom. The first kappa shape index (κ1) is 13.8. The lowest BCUT2D eigenvalue weighted by Crippen LogP contribution is -2.58. The number of piperidine rings is 1. The van der Waals surface area contributed by atoms with Crippen molar-refractivity contribution in [2.75, 3.05) is 26.2 Å². The van der Waals surface area contributed by atoms with Crippen LogP contribution in [0.1, 0.15) is 47.8 Å².